The summed E-state index contributed by atoms with van der Waals surface area (Å²) in [7, 11) is 1.58. The van der Waals surface area contributed by atoms with Gasteiger partial charge in [-0.2, -0.15) is 0 Å². The van der Waals surface area contributed by atoms with Crippen LogP contribution in [0.4, 0.5) is 24.9 Å². The first-order valence-electron chi connectivity index (χ1n) is 9.29. The summed E-state index contributed by atoms with van der Waals surface area (Å²) in [6.45, 7) is 2.07. The molecule has 0 fully saturated rings. The highest BCUT2D eigenvalue weighted by Gasteiger charge is 2.31. The Morgan fingerprint density at radius 2 is 1.94 bits per heavy atom. The summed E-state index contributed by atoms with van der Waals surface area (Å²) in [5.74, 6) is 1.18. The van der Waals surface area contributed by atoms with Crippen LogP contribution in [-0.2, 0) is 0 Å². The molecule has 0 saturated carbocycles. The van der Waals surface area contributed by atoms with Crippen molar-refractivity contribution < 1.29 is 27.1 Å². The molecule has 1 unspecified atom stereocenters. The molecular formula is C20H18F3N5O3. The van der Waals surface area contributed by atoms with E-state index in [4.69, 9.17) is 9.15 Å². The summed E-state index contributed by atoms with van der Waals surface area (Å²) in [5.41, 5.74) is 2.26. The Bertz CT molecular complexity index is 1100. The first-order valence-corrected chi connectivity index (χ1v) is 9.29. The molecule has 31 heavy (non-hydrogen) atoms. The molecule has 1 aliphatic rings. The number of alkyl halides is 3. The maximum Gasteiger partial charge on any atom is 0.573 e. The number of allylic oxidation sites excluding steroid dienone is 1. The van der Waals surface area contributed by atoms with E-state index in [0.717, 1.165) is 11.3 Å². The van der Waals surface area contributed by atoms with Gasteiger partial charge in [0.2, 0.25) is 11.8 Å². The molecule has 2 aromatic heterocycles. The second kappa shape index (κ2) is 8.17. The van der Waals surface area contributed by atoms with Crippen molar-refractivity contribution in [3.8, 4) is 23.1 Å². The predicted molar refractivity (Wildman–Crippen MR) is 106 cm³/mol. The second-order valence-corrected chi connectivity index (χ2v) is 6.77. The van der Waals surface area contributed by atoms with Crippen LogP contribution in [0.2, 0.25) is 0 Å². The van der Waals surface area contributed by atoms with E-state index in [0.29, 0.717) is 23.7 Å². The van der Waals surface area contributed by atoms with Gasteiger partial charge in [-0.15, -0.1) is 18.3 Å². The number of pyridine rings is 1. The number of aromatic nitrogens is 3. The third-order valence-corrected chi connectivity index (χ3v) is 4.59. The minimum atomic E-state index is -4.75. The van der Waals surface area contributed by atoms with Crippen LogP contribution in [0.25, 0.3) is 11.5 Å². The average Bonchev–Trinajstić information content (AvgIpc) is 3.12. The number of anilines is 2. The number of hydrogen-bond donors (Lipinski definition) is 2. The zero-order valence-corrected chi connectivity index (χ0v) is 16.5. The monoisotopic (exact) mass is 433 g/mol. The molecule has 8 nitrogen and oxygen atoms in total. The lowest BCUT2D eigenvalue weighted by Crippen LogP contribution is -2.16. The van der Waals surface area contributed by atoms with Gasteiger partial charge in [-0.1, -0.05) is 12.0 Å². The van der Waals surface area contributed by atoms with Gasteiger partial charge in [-0.25, -0.2) is 4.98 Å². The van der Waals surface area contributed by atoms with Crippen molar-refractivity contribution >= 4 is 11.7 Å². The molecule has 0 bridgehead atoms. The van der Waals surface area contributed by atoms with Crippen LogP contribution in [0.3, 0.4) is 0 Å². The van der Waals surface area contributed by atoms with Crippen LogP contribution in [-0.4, -0.2) is 28.7 Å². The molecule has 1 aliphatic heterocycles. The van der Waals surface area contributed by atoms with Crippen molar-refractivity contribution in [2.24, 2.45) is 0 Å². The Morgan fingerprint density at radius 3 is 2.65 bits per heavy atom. The number of hydrogen-bond acceptors (Lipinski definition) is 8. The fourth-order valence-corrected chi connectivity index (χ4v) is 3.20. The minimum Gasteiger partial charge on any atom is -0.481 e. The van der Waals surface area contributed by atoms with Gasteiger partial charge in [0.15, 0.2) is 0 Å². The Balaban J connectivity index is 1.49. The first kappa shape index (κ1) is 20.5. The highest BCUT2D eigenvalue weighted by molar-refractivity contribution is 5.62. The zero-order chi connectivity index (χ0) is 22.0. The molecule has 0 aliphatic carbocycles. The number of halogens is 3. The maximum atomic E-state index is 12.3. The molecule has 3 heterocycles. The lowest BCUT2D eigenvalue weighted by Gasteiger charge is -2.16. The van der Waals surface area contributed by atoms with Gasteiger partial charge in [0.05, 0.1) is 7.11 Å². The summed E-state index contributed by atoms with van der Waals surface area (Å²) in [5, 5.41) is 14.2. The molecule has 0 radical (unpaired) electrons. The normalized spacial score (nSPS) is 15.9. The van der Waals surface area contributed by atoms with Crippen molar-refractivity contribution in [3.63, 3.8) is 0 Å². The summed E-state index contributed by atoms with van der Waals surface area (Å²) >= 11 is 0. The zero-order valence-electron chi connectivity index (χ0n) is 16.5. The number of ether oxygens (including phenoxy) is 2. The van der Waals surface area contributed by atoms with E-state index in [-0.39, 0.29) is 23.6 Å². The fourth-order valence-electron chi connectivity index (χ4n) is 3.20. The van der Waals surface area contributed by atoms with Gasteiger partial charge in [-0.05, 0) is 48.7 Å². The lowest BCUT2D eigenvalue weighted by atomic mass is 9.98. The van der Waals surface area contributed by atoms with Gasteiger partial charge in [-0.3, -0.25) is 5.32 Å². The SMILES string of the molecule is COc1nccc2c1C(C)CC=C(Nc1nnc(-c3ccc(OC(F)(F)F)cc3)o1)N2. The molecule has 2 N–H and O–H groups in total. The molecular weight excluding hydrogens is 415 g/mol. The van der Waals surface area contributed by atoms with Crippen LogP contribution in [0.1, 0.15) is 24.8 Å². The predicted octanol–water partition coefficient (Wildman–Crippen LogP) is 4.91. The lowest BCUT2D eigenvalue weighted by molar-refractivity contribution is -0.274. The third kappa shape index (κ3) is 4.71. The first-order chi connectivity index (χ1) is 14.8. The van der Waals surface area contributed by atoms with Crippen molar-refractivity contribution in [2.45, 2.75) is 25.6 Å². The van der Waals surface area contributed by atoms with E-state index >= 15 is 0 Å². The Kier molecular flexibility index (Phi) is 5.40. The fraction of sp³-hybridized carbons (Fsp3) is 0.250. The largest absolute Gasteiger partial charge is 0.573 e. The van der Waals surface area contributed by atoms with Crippen LogP contribution in [0.5, 0.6) is 11.6 Å². The van der Waals surface area contributed by atoms with Crippen molar-refractivity contribution in [2.75, 3.05) is 17.7 Å². The van der Waals surface area contributed by atoms with Gasteiger partial charge < -0.3 is 19.2 Å². The molecule has 3 aromatic rings. The van der Waals surface area contributed by atoms with Crippen LogP contribution in [0.15, 0.2) is 52.8 Å². The molecule has 1 atom stereocenters. The number of methoxy groups -OCH3 is 1. The summed E-state index contributed by atoms with van der Waals surface area (Å²) in [6.07, 6.45) is -0.431. The van der Waals surface area contributed by atoms with Gasteiger partial charge >= 0.3 is 12.4 Å². The maximum absolute atomic E-state index is 12.3. The highest BCUT2D eigenvalue weighted by Crippen LogP contribution is 2.37. The molecule has 4 rings (SSSR count). The average molecular weight is 433 g/mol. The smallest absolute Gasteiger partial charge is 0.481 e. The molecule has 11 heteroatoms. The van der Waals surface area contributed by atoms with E-state index in [1.54, 1.807) is 13.3 Å². The van der Waals surface area contributed by atoms with E-state index in [1.807, 2.05) is 12.1 Å². The number of nitrogens with zero attached hydrogens (tertiary/aromatic N) is 3. The molecule has 162 valence electrons. The third-order valence-electron chi connectivity index (χ3n) is 4.59. The quantitative estimate of drug-likeness (QED) is 0.586. The van der Waals surface area contributed by atoms with E-state index < -0.39 is 6.36 Å². The topological polar surface area (TPSA) is 94.3 Å². The van der Waals surface area contributed by atoms with Crippen molar-refractivity contribution in [1.82, 2.24) is 15.2 Å². The van der Waals surface area contributed by atoms with E-state index in [2.05, 4.69) is 37.5 Å². The van der Waals surface area contributed by atoms with Crippen LogP contribution in [0, 0.1) is 0 Å². The van der Waals surface area contributed by atoms with Crippen molar-refractivity contribution in [1.29, 1.82) is 0 Å². The van der Waals surface area contributed by atoms with Crippen LogP contribution < -0.4 is 20.1 Å². The molecule has 0 saturated heterocycles. The Morgan fingerprint density at radius 1 is 1.16 bits per heavy atom. The molecule has 1 aromatic carbocycles. The highest BCUT2D eigenvalue weighted by atomic mass is 19.4. The Hall–Kier alpha value is -3.76. The second-order valence-electron chi connectivity index (χ2n) is 6.77. The number of nitrogens with one attached hydrogen (secondary N) is 2. The van der Waals surface area contributed by atoms with Gasteiger partial charge in [0, 0.05) is 23.0 Å². The van der Waals surface area contributed by atoms with E-state index in [1.165, 1.54) is 24.3 Å². The molecule has 0 amide bonds. The number of rotatable bonds is 5. The van der Waals surface area contributed by atoms with E-state index in [9.17, 15) is 13.2 Å². The summed E-state index contributed by atoms with van der Waals surface area (Å²) < 4.78 is 51.7. The minimum absolute atomic E-state index is 0.126. The van der Waals surface area contributed by atoms with Gasteiger partial charge in [0.1, 0.15) is 11.6 Å². The summed E-state index contributed by atoms with van der Waals surface area (Å²) in [6, 6.07) is 7.13. The number of benzene rings is 1. The van der Waals surface area contributed by atoms with Crippen molar-refractivity contribution in [3.05, 3.63) is 54.0 Å². The summed E-state index contributed by atoms with van der Waals surface area (Å²) in [4.78, 5) is 4.26. The van der Waals surface area contributed by atoms with Gasteiger partial charge in [0.25, 0.3) is 0 Å². The Labute approximate surface area is 175 Å². The number of fused-ring (bicyclic) bond motifs is 1. The molecule has 0 spiro atoms. The standard InChI is InChI=1S/C20H18F3N5O3/c1-11-3-8-15(25-14-9-10-24-18(29-2)16(11)14)26-19-28-27-17(30-19)12-4-6-13(7-5-12)31-20(21,22)23/h4-11,25H,3H2,1-2H3,(H,26,28). The van der Waals surface area contributed by atoms with Crippen LogP contribution >= 0.6 is 0 Å².